The Morgan fingerprint density at radius 1 is 1.25 bits per heavy atom. The molecule has 0 amide bonds. The van der Waals surface area contributed by atoms with Crippen molar-refractivity contribution in [2.75, 3.05) is 13.3 Å². The summed E-state index contributed by atoms with van der Waals surface area (Å²) in [4.78, 5) is 10.3. The van der Waals surface area contributed by atoms with Crippen LogP contribution in [0, 0.1) is 0 Å². The zero-order valence-corrected chi connectivity index (χ0v) is 4.49. The summed E-state index contributed by atoms with van der Waals surface area (Å²) in [5, 5.41) is 0. The van der Waals surface area contributed by atoms with Crippen LogP contribution in [0.2, 0.25) is 0 Å². The Hall–Kier alpha value is -0.700. The largest absolute Gasteiger partial charge is 0.280 e. The van der Waals surface area contributed by atoms with Gasteiger partial charge >= 0.3 is 0 Å². The zero-order valence-electron chi connectivity index (χ0n) is 4.49. The van der Waals surface area contributed by atoms with Crippen LogP contribution in [0.5, 0.6) is 0 Å². The van der Waals surface area contributed by atoms with Crippen LogP contribution in [-0.2, 0) is 0 Å². The molecule has 0 radical (unpaired) electrons. The lowest BCUT2D eigenvalue weighted by atomic mass is 10.4. The Morgan fingerprint density at radius 3 is 2.38 bits per heavy atom. The summed E-state index contributed by atoms with van der Waals surface area (Å²) in [7, 11) is 0. The predicted octanol–water partition coefficient (Wildman–Crippen LogP) is -0.259. The highest BCUT2D eigenvalue weighted by atomic mass is 15.3. The summed E-state index contributed by atoms with van der Waals surface area (Å²) in [5.74, 6) is 0. The Balaban J connectivity index is 2.22. The van der Waals surface area contributed by atoms with Crippen LogP contribution in [0.3, 0.4) is 0 Å². The molecule has 2 aliphatic rings. The van der Waals surface area contributed by atoms with Gasteiger partial charge in [0.1, 0.15) is 0 Å². The van der Waals surface area contributed by atoms with E-state index < -0.39 is 0 Å². The zero-order chi connectivity index (χ0) is 5.40. The first kappa shape index (κ1) is 4.21. The summed E-state index contributed by atoms with van der Waals surface area (Å²) >= 11 is 0. The molecular weight excluding hydrogens is 102 g/mol. The van der Waals surface area contributed by atoms with Crippen molar-refractivity contribution in [3.8, 4) is 0 Å². The Morgan fingerprint density at radius 2 is 1.88 bits per heavy atom. The monoisotopic (exact) mass is 109 g/mol. The Bertz CT molecular complexity index is 134. The summed E-state index contributed by atoms with van der Waals surface area (Å²) < 4.78 is 0. The van der Waals surface area contributed by atoms with Crippen LogP contribution in [0.25, 0.3) is 0 Å². The van der Waals surface area contributed by atoms with Gasteiger partial charge in [0.25, 0.3) is 0 Å². The van der Waals surface area contributed by atoms with E-state index in [1.807, 2.05) is 12.4 Å². The second-order valence-corrected chi connectivity index (χ2v) is 2.03. The van der Waals surface area contributed by atoms with E-state index in [1.54, 1.807) is 0 Å². The second-order valence-electron chi connectivity index (χ2n) is 2.03. The molecule has 0 aromatic heterocycles. The lowest BCUT2D eigenvalue weighted by Gasteiger charge is -2.07. The molecule has 0 fully saturated rings. The fourth-order valence-corrected chi connectivity index (χ4v) is 0.980. The number of rotatable bonds is 0. The van der Waals surface area contributed by atoms with Crippen LogP contribution in [0.4, 0.5) is 0 Å². The molecule has 3 heteroatoms. The van der Waals surface area contributed by atoms with Gasteiger partial charge in [0, 0.05) is 12.4 Å². The van der Waals surface area contributed by atoms with Gasteiger partial charge in [-0.2, -0.15) is 0 Å². The summed E-state index contributed by atoms with van der Waals surface area (Å²) in [6, 6.07) is 0.426. The van der Waals surface area contributed by atoms with Crippen molar-refractivity contribution in [2.45, 2.75) is 6.04 Å². The minimum Gasteiger partial charge on any atom is -0.280 e. The molecular formula is C5H7N3. The number of hydrogen-bond donors (Lipinski definition) is 0. The molecule has 0 N–H and O–H groups in total. The van der Waals surface area contributed by atoms with Gasteiger partial charge in [-0.25, -0.2) is 0 Å². The first-order valence-corrected chi connectivity index (χ1v) is 2.71. The maximum atomic E-state index is 4.08. The lowest BCUT2D eigenvalue weighted by Crippen LogP contribution is -2.27. The third-order valence-corrected chi connectivity index (χ3v) is 1.46. The van der Waals surface area contributed by atoms with Crippen molar-refractivity contribution in [2.24, 2.45) is 9.98 Å². The van der Waals surface area contributed by atoms with Crippen molar-refractivity contribution in [3.05, 3.63) is 0 Å². The molecule has 3 nitrogen and oxygen atoms in total. The van der Waals surface area contributed by atoms with Crippen molar-refractivity contribution in [3.63, 3.8) is 0 Å². The number of hydrogen-bond acceptors (Lipinski definition) is 3. The van der Waals surface area contributed by atoms with E-state index in [9.17, 15) is 0 Å². The van der Waals surface area contributed by atoms with E-state index in [0.29, 0.717) is 6.04 Å². The van der Waals surface area contributed by atoms with Crippen molar-refractivity contribution in [1.82, 2.24) is 4.90 Å². The van der Waals surface area contributed by atoms with Crippen molar-refractivity contribution < 1.29 is 0 Å². The van der Waals surface area contributed by atoms with Crippen LogP contribution < -0.4 is 0 Å². The molecule has 0 unspecified atom stereocenters. The molecule has 2 heterocycles. The van der Waals surface area contributed by atoms with Gasteiger partial charge < -0.3 is 0 Å². The average molecular weight is 109 g/mol. The predicted molar refractivity (Wildman–Crippen MR) is 32.3 cm³/mol. The standard InChI is InChI=1S/C5H7N3/c1-5-2-7-4-8(5)3-6-1/h1-2,5H,3-4H2. The minimum absolute atomic E-state index is 0.426. The smallest absolute Gasteiger partial charge is 0.0929 e. The van der Waals surface area contributed by atoms with E-state index in [2.05, 4.69) is 14.9 Å². The molecule has 2 rings (SSSR count). The van der Waals surface area contributed by atoms with Crippen molar-refractivity contribution in [1.29, 1.82) is 0 Å². The summed E-state index contributed by atoms with van der Waals surface area (Å²) in [6.07, 6.45) is 3.88. The topological polar surface area (TPSA) is 28.0 Å². The highest BCUT2D eigenvalue weighted by Crippen LogP contribution is 2.07. The SMILES string of the molecule is C1=NCN2CN=CC12. The quantitative estimate of drug-likeness (QED) is 0.421. The normalized spacial score (nSPS) is 27.5. The second kappa shape index (κ2) is 1.39. The molecule has 0 aromatic carbocycles. The van der Waals surface area contributed by atoms with Gasteiger partial charge in [-0.1, -0.05) is 0 Å². The van der Waals surface area contributed by atoms with Gasteiger partial charge in [-0.05, 0) is 0 Å². The molecule has 0 saturated carbocycles. The van der Waals surface area contributed by atoms with E-state index in [0.717, 1.165) is 13.3 Å². The van der Waals surface area contributed by atoms with Gasteiger partial charge in [0.2, 0.25) is 0 Å². The molecule has 2 aliphatic heterocycles. The van der Waals surface area contributed by atoms with Crippen LogP contribution in [0.1, 0.15) is 0 Å². The van der Waals surface area contributed by atoms with E-state index in [1.165, 1.54) is 0 Å². The van der Waals surface area contributed by atoms with Gasteiger partial charge in [-0.15, -0.1) is 0 Å². The molecule has 0 aromatic rings. The van der Waals surface area contributed by atoms with Crippen LogP contribution >= 0.6 is 0 Å². The highest BCUT2D eigenvalue weighted by molar-refractivity contribution is 5.90. The number of nitrogens with zero attached hydrogens (tertiary/aromatic N) is 3. The van der Waals surface area contributed by atoms with Gasteiger partial charge in [0.05, 0.1) is 19.4 Å². The molecule has 0 spiro atoms. The third kappa shape index (κ3) is 0.419. The van der Waals surface area contributed by atoms with E-state index in [-0.39, 0.29) is 0 Å². The maximum Gasteiger partial charge on any atom is 0.0929 e. The highest BCUT2D eigenvalue weighted by Gasteiger charge is 2.21. The number of aliphatic imine (C=N–C) groups is 2. The first-order chi connectivity index (χ1) is 3.97. The Kier molecular flexibility index (Phi) is 0.729. The molecule has 0 aliphatic carbocycles. The fraction of sp³-hybridized carbons (Fsp3) is 0.600. The molecule has 8 heavy (non-hydrogen) atoms. The minimum atomic E-state index is 0.426. The summed E-state index contributed by atoms with van der Waals surface area (Å²) in [6.45, 7) is 1.68. The van der Waals surface area contributed by atoms with Crippen molar-refractivity contribution >= 4 is 12.4 Å². The maximum absolute atomic E-state index is 4.08. The molecule has 0 atom stereocenters. The van der Waals surface area contributed by atoms with Gasteiger partial charge in [-0.3, -0.25) is 14.9 Å². The fourth-order valence-electron chi connectivity index (χ4n) is 0.980. The van der Waals surface area contributed by atoms with E-state index >= 15 is 0 Å². The van der Waals surface area contributed by atoms with E-state index in [4.69, 9.17) is 0 Å². The summed E-state index contributed by atoms with van der Waals surface area (Å²) in [5.41, 5.74) is 0. The molecule has 42 valence electrons. The number of fused-ring (bicyclic) bond motifs is 1. The lowest BCUT2D eigenvalue weighted by molar-refractivity contribution is 0.348. The Labute approximate surface area is 47.7 Å². The first-order valence-electron chi connectivity index (χ1n) is 2.71. The average Bonchev–Trinajstić information content (AvgIpc) is 2.15. The molecule has 0 bridgehead atoms. The van der Waals surface area contributed by atoms with Gasteiger partial charge in [0.15, 0.2) is 0 Å². The third-order valence-electron chi connectivity index (χ3n) is 1.46. The van der Waals surface area contributed by atoms with Crippen LogP contribution in [-0.4, -0.2) is 36.7 Å². The molecule has 0 saturated heterocycles. The van der Waals surface area contributed by atoms with Crippen LogP contribution in [0.15, 0.2) is 9.98 Å².